The van der Waals surface area contributed by atoms with Gasteiger partial charge in [-0.1, -0.05) is 12.1 Å². The molecular formula is C11H16NOSi. The fraction of sp³-hybridized carbons (Fsp3) is 0.455. The normalized spacial score (nSPS) is 11.6. The number of hydrogen-bond donors (Lipinski definition) is 1. The lowest BCUT2D eigenvalue weighted by Gasteiger charge is -2.23. The van der Waals surface area contributed by atoms with Crippen LogP contribution in [0.4, 0.5) is 5.69 Å². The average Bonchev–Trinajstić information content (AvgIpc) is 2.15. The van der Waals surface area contributed by atoms with Crippen molar-refractivity contribution in [3.63, 3.8) is 0 Å². The van der Waals surface area contributed by atoms with Crippen LogP contribution in [-0.2, 0) is 10.8 Å². The summed E-state index contributed by atoms with van der Waals surface area (Å²) in [5.74, 6) is 0. The molecule has 0 aromatic heterocycles. The van der Waals surface area contributed by atoms with E-state index in [1.54, 1.807) is 0 Å². The number of nitrogens with two attached hydrogens (primary N) is 1. The average molecular weight is 206 g/mol. The van der Waals surface area contributed by atoms with E-state index in [1.165, 1.54) is 5.56 Å². The first kappa shape index (κ1) is 11.3. The summed E-state index contributed by atoms with van der Waals surface area (Å²) in [6, 6.07) is 7.96. The highest BCUT2D eigenvalue weighted by molar-refractivity contribution is 5.98. The molecular weight excluding hydrogens is 190 g/mol. The zero-order valence-electron chi connectivity index (χ0n) is 8.71. The summed E-state index contributed by atoms with van der Waals surface area (Å²) in [5, 5.41) is 0. The maximum Gasteiger partial charge on any atom is 0.246 e. The van der Waals surface area contributed by atoms with Crippen molar-refractivity contribution in [2.45, 2.75) is 32.3 Å². The summed E-state index contributed by atoms with van der Waals surface area (Å²) in [7, 11) is 3.08. The SMILES string of the molecule is CC(C)(CCc1cccc(N)c1)O[Si]. The Kier molecular flexibility index (Phi) is 3.72. The maximum atomic E-state index is 5.69. The smallest absolute Gasteiger partial charge is 0.246 e. The third-order valence-electron chi connectivity index (χ3n) is 2.24. The van der Waals surface area contributed by atoms with Gasteiger partial charge in [0.1, 0.15) is 0 Å². The summed E-state index contributed by atoms with van der Waals surface area (Å²) in [6.45, 7) is 4.10. The Morgan fingerprint density at radius 2 is 2.14 bits per heavy atom. The molecule has 0 bridgehead atoms. The van der Waals surface area contributed by atoms with Gasteiger partial charge in [0.05, 0.1) is 5.60 Å². The number of nitrogen functional groups attached to an aromatic ring is 1. The van der Waals surface area contributed by atoms with Crippen molar-refractivity contribution in [2.24, 2.45) is 0 Å². The lowest BCUT2D eigenvalue weighted by Crippen LogP contribution is -2.23. The molecule has 0 heterocycles. The quantitative estimate of drug-likeness (QED) is 0.604. The number of hydrogen-bond acceptors (Lipinski definition) is 2. The van der Waals surface area contributed by atoms with E-state index in [4.69, 9.17) is 10.2 Å². The first-order valence-corrected chi connectivity index (χ1v) is 5.13. The lowest BCUT2D eigenvalue weighted by atomic mass is 9.99. The summed E-state index contributed by atoms with van der Waals surface area (Å²) in [5.41, 5.74) is 7.62. The molecule has 3 heteroatoms. The third-order valence-corrected chi connectivity index (χ3v) is 2.80. The fourth-order valence-corrected chi connectivity index (χ4v) is 1.35. The van der Waals surface area contributed by atoms with Gasteiger partial charge < -0.3 is 10.2 Å². The Morgan fingerprint density at radius 3 is 2.71 bits per heavy atom. The van der Waals surface area contributed by atoms with Crippen LogP contribution in [0.2, 0.25) is 0 Å². The third kappa shape index (κ3) is 3.52. The van der Waals surface area contributed by atoms with E-state index >= 15 is 0 Å². The first-order chi connectivity index (χ1) is 6.53. The van der Waals surface area contributed by atoms with Crippen LogP contribution >= 0.6 is 0 Å². The molecule has 0 fully saturated rings. The minimum atomic E-state index is -0.137. The van der Waals surface area contributed by atoms with Crippen molar-refractivity contribution in [2.75, 3.05) is 5.73 Å². The molecule has 0 aliphatic rings. The summed E-state index contributed by atoms with van der Waals surface area (Å²) in [6.07, 6.45) is 1.93. The van der Waals surface area contributed by atoms with Crippen LogP contribution in [0.3, 0.4) is 0 Å². The Bertz CT molecular complexity index is 299. The molecule has 0 saturated heterocycles. The molecule has 14 heavy (non-hydrogen) atoms. The van der Waals surface area contributed by atoms with Crippen LogP contribution in [0, 0.1) is 0 Å². The highest BCUT2D eigenvalue weighted by Gasteiger charge is 2.15. The minimum absolute atomic E-state index is 0.137. The van der Waals surface area contributed by atoms with E-state index in [2.05, 4.69) is 16.6 Å². The number of anilines is 1. The van der Waals surface area contributed by atoms with Gasteiger partial charge in [-0.15, -0.1) is 0 Å². The van der Waals surface area contributed by atoms with Gasteiger partial charge in [-0.2, -0.15) is 0 Å². The number of benzene rings is 1. The highest BCUT2D eigenvalue weighted by Crippen LogP contribution is 2.17. The standard InChI is InChI=1S/C11H16NOSi/c1-11(2,13-14)7-6-9-4-3-5-10(12)8-9/h3-5,8H,6-7,12H2,1-2H3. The van der Waals surface area contributed by atoms with Gasteiger partial charge in [-0.25, -0.2) is 0 Å². The molecule has 0 amide bonds. The second-order valence-electron chi connectivity index (χ2n) is 4.11. The van der Waals surface area contributed by atoms with Crippen LogP contribution in [-0.4, -0.2) is 16.1 Å². The van der Waals surface area contributed by atoms with E-state index in [9.17, 15) is 0 Å². The monoisotopic (exact) mass is 206 g/mol. The Balaban J connectivity index is 2.54. The molecule has 1 aromatic rings. The van der Waals surface area contributed by atoms with E-state index in [0.29, 0.717) is 0 Å². The number of aryl methyl sites for hydroxylation is 1. The van der Waals surface area contributed by atoms with Crippen molar-refractivity contribution < 1.29 is 4.43 Å². The van der Waals surface area contributed by atoms with Crippen LogP contribution < -0.4 is 5.73 Å². The molecule has 0 aliphatic carbocycles. The largest absolute Gasteiger partial charge is 0.414 e. The summed E-state index contributed by atoms with van der Waals surface area (Å²) < 4.78 is 5.16. The molecule has 75 valence electrons. The minimum Gasteiger partial charge on any atom is -0.414 e. The van der Waals surface area contributed by atoms with E-state index in [1.807, 2.05) is 32.0 Å². The van der Waals surface area contributed by atoms with E-state index in [-0.39, 0.29) is 5.60 Å². The molecule has 0 saturated carbocycles. The van der Waals surface area contributed by atoms with E-state index in [0.717, 1.165) is 18.5 Å². The Hall–Kier alpha value is -0.803. The van der Waals surface area contributed by atoms with E-state index < -0.39 is 0 Å². The van der Waals surface area contributed by atoms with Crippen molar-refractivity contribution >= 4 is 16.2 Å². The van der Waals surface area contributed by atoms with Gasteiger partial charge in [0.15, 0.2) is 0 Å². The van der Waals surface area contributed by atoms with Gasteiger partial charge in [-0.3, -0.25) is 0 Å². The van der Waals surface area contributed by atoms with Gasteiger partial charge in [0, 0.05) is 5.69 Å². The van der Waals surface area contributed by atoms with Crippen LogP contribution in [0.5, 0.6) is 0 Å². The molecule has 2 N–H and O–H groups in total. The molecule has 0 aliphatic heterocycles. The van der Waals surface area contributed by atoms with Gasteiger partial charge in [0.2, 0.25) is 10.5 Å². The lowest BCUT2D eigenvalue weighted by molar-refractivity contribution is 0.113. The molecule has 2 nitrogen and oxygen atoms in total. The van der Waals surface area contributed by atoms with Crippen molar-refractivity contribution in [1.82, 2.24) is 0 Å². The van der Waals surface area contributed by atoms with Gasteiger partial charge >= 0.3 is 0 Å². The molecule has 0 atom stereocenters. The molecule has 1 aromatic carbocycles. The zero-order chi connectivity index (χ0) is 10.6. The highest BCUT2D eigenvalue weighted by atomic mass is 28.2. The fourth-order valence-electron chi connectivity index (χ4n) is 1.25. The van der Waals surface area contributed by atoms with Crippen LogP contribution in [0.25, 0.3) is 0 Å². The number of rotatable bonds is 4. The summed E-state index contributed by atoms with van der Waals surface area (Å²) in [4.78, 5) is 0. The molecule has 1 rings (SSSR count). The van der Waals surface area contributed by atoms with Crippen LogP contribution in [0.1, 0.15) is 25.8 Å². The predicted molar refractivity (Wildman–Crippen MR) is 60.1 cm³/mol. The summed E-state index contributed by atoms with van der Waals surface area (Å²) >= 11 is 0. The Morgan fingerprint density at radius 1 is 1.43 bits per heavy atom. The topological polar surface area (TPSA) is 35.2 Å². The van der Waals surface area contributed by atoms with Gasteiger partial charge in [0.25, 0.3) is 0 Å². The first-order valence-electron chi connectivity index (χ1n) is 4.73. The van der Waals surface area contributed by atoms with Crippen LogP contribution in [0.15, 0.2) is 24.3 Å². The zero-order valence-corrected chi connectivity index (χ0v) is 9.71. The molecule has 0 unspecified atom stereocenters. The molecule has 3 radical (unpaired) electrons. The Labute approximate surface area is 89.0 Å². The maximum absolute atomic E-state index is 5.69. The second kappa shape index (κ2) is 4.62. The van der Waals surface area contributed by atoms with Crippen molar-refractivity contribution in [1.29, 1.82) is 0 Å². The second-order valence-corrected chi connectivity index (χ2v) is 4.31. The molecule has 0 spiro atoms. The van der Waals surface area contributed by atoms with Gasteiger partial charge in [-0.05, 0) is 44.4 Å². The van der Waals surface area contributed by atoms with Crippen molar-refractivity contribution in [3.8, 4) is 0 Å². The predicted octanol–water partition coefficient (Wildman–Crippen LogP) is 2.08. The van der Waals surface area contributed by atoms with Crippen molar-refractivity contribution in [3.05, 3.63) is 29.8 Å².